The van der Waals surface area contributed by atoms with Gasteiger partial charge in [0.05, 0.1) is 0 Å². The molecule has 0 aliphatic heterocycles. The average Bonchev–Trinajstić information content (AvgIpc) is 2.32. The zero-order valence-corrected chi connectivity index (χ0v) is 16.9. The van der Waals surface area contributed by atoms with E-state index in [2.05, 4.69) is 41.5 Å². The molecule has 1 amide bonds. The first-order valence-corrected chi connectivity index (χ1v) is 8.24. The molecule has 0 aromatic rings. The summed E-state index contributed by atoms with van der Waals surface area (Å²) in [6.45, 7) is 24.1. The van der Waals surface area contributed by atoms with E-state index in [9.17, 15) is 9.59 Å². The number of primary amides is 1. The summed E-state index contributed by atoms with van der Waals surface area (Å²) >= 11 is 0. The molecule has 21 heavy (non-hydrogen) atoms. The molecular weight excluding hydrogens is 262 g/mol. The molecule has 3 heteroatoms. The van der Waals surface area contributed by atoms with Gasteiger partial charge in [0.25, 0.3) is 0 Å². The molecule has 0 spiro atoms. The first-order chi connectivity index (χ1) is 9.45. The van der Waals surface area contributed by atoms with Crippen LogP contribution in [0.5, 0.6) is 0 Å². The van der Waals surface area contributed by atoms with E-state index in [0.29, 0.717) is 5.41 Å². The third-order valence-electron chi connectivity index (χ3n) is 1.20. The Kier molecular flexibility index (Phi) is 37.1. The Morgan fingerprint density at radius 2 is 1.14 bits per heavy atom. The Balaban J connectivity index is -0.0000000604. The molecule has 0 aliphatic carbocycles. The third-order valence-corrected chi connectivity index (χ3v) is 1.20. The largest absolute Gasteiger partial charge is 0.370 e. The number of carbonyl (C=O) groups excluding carboxylic acids is 2. The molecule has 0 aromatic heterocycles. The molecule has 0 aromatic carbocycles. The highest BCUT2D eigenvalue weighted by atomic mass is 16.1. The number of carbonyl (C=O) groups is 2. The molecule has 0 aliphatic rings. The van der Waals surface area contributed by atoms with Crippen LogP contribution >= 0.6 is 0 Å². The lowest BCUT2D eigenvalue weighted by Gasteiger charge is -2.05. The van der Waals surface area contributed by atoms with Gasteiger partial charge in [-0.25, -0.2) is 0 Å². The van der Waals surface area contributed by atoms with Gasteiger partial charge in [-0.05, 0) is 12.3 Å². The van der Waals surface area contributed by atoms with Crippen molar-refractivity contribution in [3.05, 3.63) is 0 Å². The van der Waals surface area contributed by atoms with Crippen molar-refractivity contribution in [1.82, 2.24) is 0 Å². The maximum absolute atomic E-state index is 10.5. The van der Waals surface area contributed by atoms with E-state index in [4.69, 9.17) is 5.73 Å². The monoisotopic (exact) mass is 305 g/mol. The molecule has 0 fully saturated rings. The quantitative estimate of drug-likeness (QED) is 0.736. The smallest absolute Gasteiger partial charge is 0.218 e. The molecule has 0 unspecified atom stereocenters. The predicted molar refractivity (Wildman–Crippen MR) is 97.4 cm³/mol. The van der Waals surface area contributed by atoms with E-state index in [1.807, 2.05) is 27.7 Å². The van der Waals surface area contributed by atoms with Crippen LogP contribution in [0, 0.1) is 11.3 Å². The lowest BCUT2D eigenvalue weighted by molar-refractivity contribution is -0.125. The number of Topliss-reactive ketones (excluding diaryl/α,β-unsaturated/α-hetero) is 1. The molecular formula is C18H43NO2. The highest BCUT2D eigenvalue weighted by Gasteiger charge is 2.09. The fourth-order valence-electron chi connectivity index (χ4n) is 0.446. The minimum Gasteiger partial charge on any atom is -0.370 e. The predicted octanol–water partition coefficient (Wildman–Crippen LogP) is 5.61. The summed E-state index contributed by atoms with van der Waals surface area (Å²) in [7, 11) is 0. The van der Waals surface area contributed by atoms with E-state index < -0.39 is 5.91 Å². The van der Waals surface area contributed by atoms with Crippen LogP contribution in [0.4, 0.5) is 0 Å². The van der Waals surface area contributed by atoms with Gasteiger partial charge in [0.2, 0.25) is 5.91 Å². The van der Waals surface area contributed by atoms with Gasteiger partial charge < -0.3 is 5.73 Å². The number of rotatable bonds is 3. The fraction of sp³-hybridized carbons (Fsp3) is 0.889. The Morgan fingerprint density at radius 3 is 1.19 bits per heavy atom. The minimum absolute atomic E-state index is 0.00815. The van der Waals surface area contributed by atoms with Crippen LogP contribution in [0.2, 0.25) is 0 Å². The summed E-state index contributed by atoms with van der Waals surface area (Å²) < 4.78 is 0. The van der Waals surface area contributed by atoms with Crippen molar-refractivity contribution in [2.75, 3.05) is 0 Å². The summed E-state index contributed by atoms with van der Waals surface area (Å²) in [5.41, 5.74) is 5.34. The van der Waals surface area contributed by atoms with Gasteiger partial charge in [-0.2, -0.15) is 0 Å². The van der Waals surface area contributed by atoms with Crippen LogP contribution in [0.1, 0.15) is 95.9 Å². The van der Waals surface area contributed by atoms with Crippen molar-refractivity contribution in [3.8, 4) is 0 Å². The molecule has 0 radical (unpaired) electrons. The lowest BCUT2D eigenvalue weighted by atomic mass is 10.0. The molecule has 132 valence electrons. The second-order valence-corrected chi connectivity index (χ2v) is 5.89. The van der Waals surface area contributed by atoms with Gasteiger partial charge in [0.1, 0.15) is 5.78 Å². The number of ketones is 1. The third kappa shape index (κ3) is 110. The van der Waals surface area contributed by atoms with Crippen molar-refractivity contribution in [1.29, 1.82) is 0 Å². The first kappa shape index (κ1) is 32.2. The second-order valence-electron chi connectivity index (χ2n) is 5.89. The summed E-state index contributed by atoms with van der Waals surface area (Å²) in [6, 6.07) is 0. The van der Waals surface area contributed by atoms with E-state index >= 15 is 0 Å². The normalized spacial score (nSPS) is 9.71. The Bertz CT molecular complexity index is 200. The standard InChI is InChI=1S/C6H11NO2.C5H12.C3H8.2C2H6/c1-4(5(2)8)3-6(7)9;1-5(2,3)4;1-3-2;2*1-2/h4H,3H2,1-2H3,(H2,7,9);1-4H3;3H2,1-2H3;2*1-2H3/t4-;;;;/m1..../s1. The van der Waals surface area contributed by atoms with E-state index in [0.717, 1.165) is 0 Å². The van der Waals surface area contributed by atoms with Gasteiger partial charge in [0, 0.05) is 12.3 Å². The molecule has 0 saturated carbocycles. The zero-order chi connectivity index (χ0) is 18.6. The van der Waals surface area contributed by atoms with E-state index in [1.165, 1.54) is 13.3 Å². The van der Waals surface area contributed by atoms with Gasteiger partial charge in [-0.15, -0.1) is 0 Å². The summed E-state index contributed by atoms with van der Waals surface area (Å²) in [5, 5.41) is 0. The zero-order valence-electron chi connectivity index (χ0n) is 16.9. The maximum atomic E-state index is 10.5. The number of nitrogens with two attached hydrogens (primary N) is 1. The van der Waals surface area contributed by atoms with Gasteiger partial charge in [-0.1, -0.05) is 82.6 Å². The Labute approximate surface area is 135 Å². The fourth-order valence-corrected chi connectivity index (χ4v) is 0.446. The van der Waals surface area contributed by atoms with Crippen molar-refractivity contribution < 1.29 is 9.59 Å². The van der Waals surface area contributed by atoms with Crippen molar-refractivity contribution >= 4 is 11.7 Å². The van der Waals surface area contributed by atoms with Crippen molar-refractivity contribution in [3.63, 3.8) is 0 Å². The van der Waals surface area contributed by atoms with Crippen molar-refractivity contribution in [2.24, 2.45) is 17.1 Å². The van der Waals surface area contributed by atoms with Crippen molar-refractivity contribution in [2.45, 2.75) is 95.9 Å². The maximum Gasteiger partial charge on any atom is 0.218 e. The van der Waals surface area contributed by atoms with Crippen LogP contribution < -0.4 is 5.73 Å². The van der Waals surface area contributed by atoms with Crippen LogP contribution in [0.3, 0.4) is 0 Å². The molecule has 2 N–H and O–H groups in total. The second kappa shape index (κ2) is 24.2. The Morgan fingerprint density at radius 1 is 0.952 bits per heavy atom. The Hall–Kier alpha value is -0.860. The molecule has 0 bridgehead atoms. The lowest BCUT2D eigenvalue weighted by Crippen LogP contribution is -2.18. The van der Waals surface area contributed by atoms with E-state index in [-0.39, 0.29) is 18.1 Å². The van der Waals surface area contributed by atoms with E-state index in [1.54, 1.807) is 6.92 Å². The molecule has 3 nitrogen and oxygen atoms in total. The van der Waals surface area contributed by atoms with Crippen LogP contribution in [-0.2, 0) is 9.59 Å². The highest BCUT2D eigenvalue weighted by molar-refractivity contribution is 5.84. The minimum atomic E-state index is -0.419. The number of amides is 1. The number of hydrogen-bond acceptors (Lipinski definition) is 2. The van der Waals surface area contributed by atoms with Crippen LogP contribution in [-0.4, -0.2) is 11.7 Å². The first-order valence-electron chi connectivity index (χ1n) is 8.24. The highest BCUT2D eigenvalue weighted by Crippen LogP contribution is 2.08. The summed E-state index contributed by atoms with van der Waals surface area (Å²) in [4.78, 5) is 20.7. The van der Waals surface area contributed by atoms with Gasteiger partial charge in [0.15, 0.2) is 0 Å². The topological polar surface area (TPSA) is 60.2 Å². The average molecular weight is 306 g/mol. The van der Waals surface area contributed by atoms with Crippen LogP contribution in [0.15, 0.2) is 0 Å². The SMILES string of the molecule is CC.CC.CC(=O)[C@H](C)CC(N)=O.CC(C)(C)C.CCC. The summed E-state index contributed by atoms with van der Waals surface area (Å²) in [6.07, 6.45) is 1.41. The van der Waals surface area contributed by atoms with Gasteiger partial charge in [-0.3, -0.25) is 9.59 Å². The molecule has 0 saturated heterocycles. The number of hydrogen-bond donors (Lipinski definition) is 1. The van der Waals surface area contributed by atoms with Crippen LogP contribution in [0.25, 0.3) is 0 Å². The molecule has 0 heterocycles. The molecule has 0 rings (SSSR count). The summed E-state index contributed by atoms with van der Waals surface area (Å²) in [5.74, 6) is -0.631. The molecule has 1 atom stereocenters. The van der Waals surface area contributed by atoms with Gasteiger partial charge >= 0.3 is 0 Å².